The van der Waals surface area contributed by atoms with E-state index in [1.807, 2.05) is 48.2 Å². The van der Waals surface area contributed by atoms with Crippen LogP contribution in [0.4, 0.5) is 5.69 Å². The van der Waals surface area contributed by atoms with Gasteiger partial charge in [-0.3, -0.25) is 9.48 Å². The van der Waals surface area contributed by atoms with E-state index in [0.717, 1.165) is 47.4 Å². The lowest BCUT2D eigenvalue weighted by molar-refractivity contribution is -0.132. The van der Waals surface area contributed by atoms with Gasteiger partial charge in [-0.25, -0.2) is 4.98 Å². The van der Waals surface area contributed by atoms with Crippen LogP contribution in [0.25, 0.3) is 22.2 Å². The second-order valence-corrected chi connectivity index (χ2v) is 8.09. The number of oxazole rings is 1. The lowest BCUT2D eigenvalue weighted by Crippen LogP contribution is -2.49. The quantitative estimate of drug-likeness (QED) is 0.451. The maximum Gasteiger partial charge on any atom is 0.244 e. The molecular formula is C25H27N5O3. The summed E-state index contributed by atoms with van der Waals surface area (Å²) in [4.78, 5) is 21.4. The summed E-state index contributed by atoms with van der Waals surface area (Å²) in [6, 6.07) is 14.0. The molecule has 0 aliphatic carbocycles. The molecule has 5 rings (SSSR count). The minimum Gasteiger partial charge on any atom is -0.496 e. The number of benzene rings is 2. The fraction of sp³-hybridized carbons (Fsp3) is 0.320. The van der Waals surface area contributed by atoms with E-state index in [9.17, 15) is 4.79 Å². The van der Waals surface area contributed by atoms with E-state index in [1.54, 1.807) is 24.2 Å². The molecule has 4 aromatic rings. The third-order valence-electron chi connectivity index (χ3n) is 6.14. The zero-order valence-corrected chi connectivity index (χ0v) is 18.9. The molecule has 1 amide bonds. The van der Waals surface area contributed by atoms with Crippen molar-refractivity contribution in [1.29, 1.82) is 0 Å². The molecule has 8 heteroatoms. The van der Waals surface area contributed by atoms with Gasteiger partial charge in [0.2, 0.25) is 5.91 Å². The van der Waals surface area contributed by atoms with Crippen molar-refractivity contribution in [3.8, 4) is 17.1 Å². The van der Waals surface area contributed by atoms with Gasteiger partial charge in [0.05, 0.1) is 30.6 Å². The Kier molecular flexibility index (Phi) is 5.73. The first-order valence-corrected chi connectivity index (χ1v) is 11.2. The largest absolute Gasteiger partial charge is 0.496 e. The number of anilines is 1. The highest BCUT2D eigenvalue weighted by Crippen LogP contribution is 2.34. The van der Waals surface area contributed by atoms with Gasteiger partial charge < -0.3 is 19.0 Å². The van der Waals surface area contributed by atoms with Crippen molar-refractivity contribution in [1.82, 2.24) is 19.7 Å². The first-order chi connectivity index (χ1) is 16.2. The van der Waals surface area contributed by atoms with Crippen molar-refractivity contribution in [2.24, 2.45) is 0 Å². The van der Waals surface area contributed by atoms with Gasteiger partial charge in [0, 0.05) is 49.7 Å². The highest BCUT2D eigenvalue weighted by molar-refractivity contribution is 5.82. The molecular weight excluding hydrogens is 418 g/mol. The zero-order valence-electron chi connectivity index (χ0n) is 18.9. The maximum atomic E-state index is 12.9. The van der Waals surface area contributed by atoms with Crippen LogP contribution >= 0.6 is 0 Å². The molecule has 33 heavy (non-hydrogen) atoms. The third-order valence-corrected chi connectivity index (χ3v) is 6.14. The molecule has 1 aliphatic rings. The Bertz CT molecular complexity index is 1270. The summed E-state index contributed by atoms with van der Waals surface area (Å²) in [6.07, 6.45) is 4.29. The van der Waals surface area contributed by atoms with Crippen LogP contribution in [0.2, 0.25) is 0 Å². The first-order valence-electron chi connectivity index (χ1n) is 11.2. The number of carbonyl (C=O) groups excluding carboxylic acids is 1. The number of ether oxygens (including phenoxy) is 1. The highest BCUT2D eigenvalue weighted by atomic mass is 16.5. The molecule has 170 valence electrons. The summed E-state index contributed by atoms with van der Waals surface area (Å²) in [5, 5.41) is 5.43. The maximum absolute atomic E-state index is 12.9. The van der Waals surface area contributed by atoms with Crippen LogP contribution in [0.1, 0.15) is 12.8 Å². The molecule has 1 aliphatic heterocycles. The molecule has 0 N–H and O–H groups in total. The average molecular weight is 446 g/mol. The van der Waals surface area contributed by atoms with Crippen LogP contribution in [0.3, 0.4) is 0 Å². The molecule has 0 spiro atoms. The third kappa shape index (κ3) is 4.16. The van der Waals surface area contributed by atoms with Gasteiger partial charge in [-0.2, -0.15) is 5.10 Å². The summed E-state index contributed by atoms with van der Waals surface area (Å²) in [5.41, 5.74) is 2.93. The Morgan fingerprint density at radius 1 is 1.09 bits per heavy atom. The number of carbonyl (C=O) groups is 1. The Labute approximate surface area is 192 Å². The zero-order chi connectivity index (χ0) is 22.8. The van der Waals surface area contributed by atoms with Gasteiger partial charge in [0.25, 0.3) is 0 Å². The number of rotatable bonds is 6. The van der Waals surface area contributed by atoms with Crippen LogP contribution < -0.4 is 9.64 Å². The van der Waals surface area contributed by atoms with E-state index in [-0.39, 0.29) is 12.5 Å². The summed E-state index contributed by atoms with van der Waals surface area (Å²) in [5.74, 6) is 2.25. The van der Waals surface area contributed by atoms with Crippen LogP contribution in [0, 0.1) is 0 Å². The van der Waals surface area contributed by atoms with E-state index in [1.165, 1.54) is 0 Å². The van der Waals surface area contributed by atoms with Crippen LogP contribution in [-0.2, 0) is 17.8 Å². The minimum atomic E-state index is 0.0912. The second-order valence-electron chi connectivity index (χ2n) is 8.09. The summed E-state index contributed by atoms with van der Waals surface area (Å²) >= 11 is 0. The van der Waals surface area contributed by atoms with Crippen molar-refractivity contribution in [2.75, 3.05) is 38.2 Å². The first kappa shape index (κ1) is 21.1. The molecule has 3 heterocycles. The Morgan fingerprint density at radius 2 is 1.91 bits per heavy atom. The fourth-order valence-corrected chi connectivity index (χ4v) is 4.27. The SMILES string of the molecule is CCc1ncc(-c2ccc(N3CCN(C(=O)Cn4ncc5ccccc54)CC3)cc2OC)o1. The number of piperazine rings is 1. The van der Waals surface area contributed by atoms with Crippen LogP contribution in [0.15, 0.2) is 59.3 Å². The van der Waals surface area contributed by atoms with Gasteiger partial charge in [0.15, 0.2) is 11.7 Å². The molecule has 0 radical (unpaired) electrons. The lowest BCUT2D eigenvalue weighted by Gasteiger charge is -2.36. The summed E-state index contributed by atoms with van der Waals surface area (Å²) < 4.78 is 13.2. The van der Waals surface area contributed by atoms with Crippen molar-refractivity contribution in [2.45, 2.75) is 19.9 Å². The van der Waals surface area contributed by atoms with E-state index in [0.29, 0.717) is 24.7 Å². The minimum absolute atomic E-state index is 0.0912. The number of hydrogen-bond acceptors (Lipinski definition) is 6. The van der Waals surface area contributed by atoms with E-state index < -0.39 is 0 Å². The number of amides is 1. The molecule has 8 nitrogen and oxygen atoms in total. The van der Waals surface area contributed by atoms with Crippen molar-refractivity contribution < 1.29 is 13.9 Å². The molecule has 0 bridgehead atoms. The molecule has 2 aromatic carbocycles. The number of nitrogens with zero attached hydrogens (tertiary/aromatic N) is 5. The molecule has 1 fully saturated rings. The second kappa shape index (κ2) is 8.97. The summed E-state index contributed by atoms with van der Waals surface area (Å²) in [7, 11) is 1.66. The van der Waals surface area contributed by atoms with Crippen molar-refractivity contribution in [3.63, 3.8) is 0 Å². The number of fused-ring (bicyclic) bond motifs is 1. The average Bonchev–Trinajstić information content (AvgIpc) is 3.51. The number of para-hydroxylation sites is 1. The Hall–Kier alpha value is -3.81. The van der Waals surface area contributed by atoms with Gasteiger partial charge in [-0.05, 0) is 18.2 Å². The van der Waals surface area contributed by atoms with Gasteiger partial charge >= 0.3 is 0 Å². The van der Waals surface area contributed by atoms with Crippen LogP contribution in [-0.4, -0.2) is 58.9 Å². The number of aromatic nitrogens is 3. The fourth-order valence-electron chi connectivity index (χ4n) is 4.27. The van der Waals surface area contributed by atoms with Crippen LogP contribution in [0.5, 0.6) is 5.75 Å². The normalized spacial score (nSPS) is 14.1. The summed E-state index contributed by atoms with van der Waals surface area (Å²) in [6.45, 7) is 5.13. The highest BCUT2D eigenvalue weighted by Gasteiger charge is 2.23. The van der Waals surface area contributed by atoms with Crippen molar-refractivity contribution >= 4 is 22.5 Å². The molecule has 2 aromatic heterocycles. The standard InChI is InChI=1S/C25H27N5O3/c1-3-24-26-16-23(33-24)20-9-8-19(14-22(20)32-2)28-10-12-29(13-11-28)25(31)17-30-21-7-5-4-6-18(21)15-27-30/h4-9,14-16H,3,10-13,17H2,1-2H3. The predicted octanol–water partition coefficient (Wildman–Crippen LogP) is 3.61. The number of hydrogen-bond donors (Lipinski definition) is 0. The number of methoxy groups -OCH3 is 1. The Balaban J connectivity index is 1.24. The van der Waals surface area contributed by atoms with Gasteiger partial charge in [-0.15, -0.1) is 0 Å². The molecule has 1 saturated heterocycles. The van der Waals surface area contributed by atoms with Gasteiger partial charge in [0.1, 0.15) is 12.3 Å². The molecule has 0 atom stereocenters. The molecule has 0 unspecified atom stereocenters. The van der Waals surface area contributed by atoms with Crippen molar-refractivity contribution in [3.05, 3.63) is 60.7 Å². The molecule has 0 saturated carbocycles. The lowest BCUT2D eigenvalue weighted by atomic mass is 10.1. The van der Waals surface area contributed by atoms with Gasteiger partial charge in [-0.1, -0.05) is 25.1 Å². The Morgan fingerprint density at radius 3 is 2.67 bits per heavy atom. The van der Waals surface area contributed by atoms with E-state index in [4.69, 9.17) is 9.15 Å². The number of aryl methyl sites for hydroxylation is 1. The van der Waals surface area contributed by atoms with E-state index in [2.05, 4.69) is 21.0 Å². The smallest absolute Gasteiger partial charge is 0.244 e. The topological polar surface area (TPSA) is 76.6 Å². The monoisotopic (exact) mass is 445 g/mol. The van der Waals surface area contributed by atoms with E-state index >= 15 is 0 Å². The predicted molar refractivity (Wildman–Crippen MR) is 126 cm³/mol.